The summed E-state index contributed by atoms with van der Waals surface area (Å²) in [6.45, 7) is 3.83. The number of Topliss-reactive ketones (excluding diaryl/α,β-unsaturated/α-hetero) is 1. The van der Waals surface area contributed by atoms with Gasteiger partial charge in [-0.25, -0.2) is 0 Å². The molecule has 0 aliphatic heterocycles. The normalized spacial score (nSPS) is 10.1. The fourth-order valence-corrected chi connectivity index (χ4v) is 1.76. The van der Waals surface area contributed by atoms with E-state index < -0.39 is 0 Å². The third kappa shape index (κ3) is 2.77. The molecule has 0 amide bonds. The monoisotopic (exact) mass is 240 g/mol. The minimum absolute atomic E-state index is 0.102. The Morgan fingerprint density at radius 3 is 2.50 bits per heavy atom. The minimum Gasteiger partial charge on any atom is -0.457 e. The molecule has 0 radical (unpaired) electrons. The molecule has 0 bridgehead atoms. The number of ether oxygens (including phenoxy) is 1. The largest absolute Gasteiger partial charge is 0.457 e. The highest BCUT2D eigenvalue weighted by Gasteiger charge is 2.11. The quantitative estimate of drug-likeness (QED) is 0.741. The van der Waals surface area contributed by atoms with Crippen molar-refractivity contribution in [1.82, 2.24) is 0 Å². The number of benzene rings is 2. The van der Waals surface area contributed by atoms with E-state index in [1.807, 2.05) is 62.4 Å². The van der Waals surface area contributed by atoms with Crippen LogP contribution in [0, 0.1) is 6.92 Å². The first-order valence-corrected chi connectivity index (χ1v) is 6.07. The molecule has 0 aliphatic carbocycles. The van der Waals surface area contributed by atoms with Gasteiger partial charge in [0, 0.05) is 6.42 Å². The molecule has 18 heavy (non-hydrogen) atoms. The topological polar surface area (TPSA) is 26.3 Å². The van der Waals surface area contributed by atoms with Crippen LogP contribution in [0.3, 0.4) is 0 Å². The van der Waals surface area contributed by atoms with Crippen LogP contribution < -0.4 is 4.74 Å². The lowest BCUT2D eigenvalue weighted by Gasteiger charge is -2.10. The highest BCUT2D eigenvalue weighted by atomic mass is 16.5. The molecule has 0 aliphatic rings. The Kier molecular flexibility index (Phi) is 3.78. The average Bonchev–Trinajstić information content (AvgIpc) is 2.41. The Balaban J connectivity index is 2.35. The number of carbonyl (C=O) groups is 1. The number of hydrogen-bond acceptors (Lipinski definition) is 2. The first-order chi connectivity index (χ1) is 8.70. The van der Waals surface area contributed by atoms with Gasteiger partial charge in [0.15, 0.2) is 5.78 Å². The molecule has 0 heterocycles. The SMILES string of the molecule is CCC(=O)c1cc(C)ccc1Oc1ccccc1. The molecule has 92 valence electrons. The summed E-state index contributed by atoms with van der Waals surface area (Å²) in [4.78, 5) is 11.9. The second-order valence-corrected chi connectivity index (χ2v) is 4.19. The summed E-state index contributed by atoms with van der Waals surface area (Å²) in [5.74, 6) is 1.47. The lowest BCUT2D eigenvalue weighted by Crippen LogP contribution is -2.00. The summed E-state index contributed by atoms with van der Waals surface area (Å²) in [6, 6.07) is 15.2. The maximum atomic E-state index is 11.9. The average molecular weight is 240 g/mol. The van der Waals surface area contributed by atoms with Crippen LogP contribution in [0.25, 0.3) is 0 Å². The molecule has 0 N–H and O–H groups in total. The molecule has 2 aromatic carbocycles. The van der Waals surface area contributed by atoms with E-state index in [0.717, 1.165) is 11.3 Å². The van der Waals surface area contributed by atoms with E-state index >= 15 is 0 Å². The zero-order valence-corrected chi connectivity index (χ0v) is 10.6. The van der Waals surface area contributed by atoms with E-state index in [1.165, 1.54) is 0 Å². The fraction of sp³-hybridized carbons (Fsp3) is 0.188. The van der Waals surface area contributed by atoms with Crippen LogP contribution in [0.4, 0.5) is 0 Å². The number of carbonyl (C=O) groups excluding carboxylic acids is 1. The van der Waals surface area contributed by atoms with E-state index in [0.29, 0.717) is 17.7 Å². The van der Waals surface area contributed by atoms with Crippen molar-refractivity contribution in [1.29, 1.82) is 0 Å². The molecule has 0 fully saturated rings. The summed E-state index contributed by atoms with van der Waals surface area (Å²) in [7, 11) is 0. The van der Waals surface area contributed by atoms with Gasteiger partial charge in [-0.05, 0) is 31.2 Å². The van der Waals surface area contributed by atoms with Crippen molar-refractivity contribution in [3.8, 4) is 11.5 Å². The Bertz CT molecular complexity index is 544. The molecule has 2 nitrogen and oxygen atoms in total. The summed E-state index contributed by atoms with van der Waals surface area (Å²) >= 11 is 0. The number of hydrogen-bond donors (Lipinski definition) is 0. The molecule has 2 rings (SSSR count). The van der Waals surface area contributed by atoms with Gasteiger partial charge >= 0.3 is 0 Å². The summed E-state index contributed by atoms with van der Waals surface area (Å²) in [5, 5.41) is 0. The second kappa shape index (κ2) is 5.50. The Hall–Kier alpha value is -2.09. The summed E-state index contributed by atoms with van der Waals surface area (Å²) < 4.78 is 5.77. The van der Waals surface area contributed by atoms with E-state index in [-0.39, 0.29) is 5.78 Å². The van der Waals surface area contributed by atoms with Gasteiger partial charge in [0.1, 0.15) is 11.5 Å². The van der Waals surface area contributed by atoms with E-state index in [2.05, 4.69) is 0 Å². The third-order valence-electron chi connectivity index (χ3n) is 2.73. The fourth-order valence-electron chi connectivity index (χ4n) is 1.76. The van der Waals surface area contributed by atoms with Gasteiger partial charge in [0.25, 0.3) is 0 Å². The predicted octanol–water partition coefficient (Wildman–Crippen LogP) is 4.38. The Morgan fingerprint density at radius 1 is 1.11 bits per heavy atom. The number of ketones is 1. The van der Waals surface area contributed by atoms with Crippen LogP contribution in [0.1, 0.15) is 29.3 Å². The highest BCUT2D eigenvalue weighted by molar-refractivity contribution is 5.98. The number of aryl methyl sites for hydroxylation is 1. The second-order valence-electron chi connectivity index (χ2n) is 4.19. The van der Waals surface area contributed by atoms with Crippen molar-refractivity contribution in [3.63, 3.8) is 0 Å². The van der Waals surface area contributed by atoms with Gasteiger partial charge in [-0.2, -0.15) is 0 Å². The molecular weight excluding hydrogens is 224 g/mol. The Morgan fingerprint density at radius 2 is 1.83 bits per heavy atom. The molecule has 0 spiro atoms. The molecule has 0 aromatic heterocycles. The summed E-state index contributed by atoms with van der Waals surface area (Å²) in [6.07, 6.45) is 0.481. The smallest absolute Gasteiger partial charge is 0.166 e. The molecule has 2 heteroatoms. The van der Waals surface area contributed by atoms with Gasteiger partial charge in [-0.3, -0.25) is 4.79 Å². The Labute approximate surface area is 107 Å². The van der Waals surface area contributed by atoms with Crippen LogP contribution >= 0.6 is 0 Å². The minimum atomic E-state index is 0.102. The molecule has 0 atom stereocenters. The first kappa shape index (κ1) is 12.4. The van der Waals surface area contributed by atoms with Gasteiger partial charge in [0.2, 0.25) is 0 Å². The maximum Gasteiger partial charge on any atom is 0.166 e. The van der Waals surface area contributed by atoms with E-state index in [9.17, 15) is 4.79 Å². The van der Waals surface area contributed by atoms with Crippen molar-refractivity contribution < 1.29 is 9.53 Å². The zero-order chi connectivity index (χ0) is 13.0. The number of para-hydroxylation sites is 1. The molecule has 0 unspecified atom stereocenters. The van der Waals surface area contributed by atoms with Crippen LogP contribution in [-0.4, -0.2) is 5.78 Å². The lowest BCUT2D eigenvalue weighted by atomic mass is 10.1. The van der Waals surface area contributed by atoms with Gasteiger partial charge in [-0.15, -0.1) is 0 Å². The van der Waals surface area contributed by atoms with E-state index in [1.54, 1.807) is 0 Å². The molecule has 0 saturated carbocycles. The maximum absolute atomic E-state index is 11.9. The highest BCUT2D eigenvalue weighted by Crippen LogP contribution is 2.27. The first-order valence-electron chi connectivity index (χ1n) is 6.07. The zero-order valence-electron chi connectivity index (χ0n) is 10.6. The predicted molar refractivity (Wildman–Crippen MR) is 72.3 cm³/mol. The van der Waals surface area contributed by atoms with Gasteiger partial charge < -0.3 is 4.74 Å². The van der Waals surface area contributed by atoms with Crippen LogP contribution in [0.2, 0.25) is 0 Å². The van der Waals surface area contributed by atoms with Crippen LogP contribution in [0.5, 0.6) is 11.5 Å². The van der Waals surface area contributed by atoms with E-state index in [4.69, 9.17) is 4.74 Å². The van der Waals surface area contributed by atoms with Crippen LogP contribution in [0.15, 0.2) is 48.5 Å². The van der Waals surface area contributed by atoms with Crippen molar-refractivity contribution in [2.75, 3.05) is 0 Å². The van der Waals surface area contributed by atoms with Crippen LogP contribution in [-0.2, 0) is 0 Å². The standard InChI is InChI=1S/C16H16O2/c1-3-15(17)14-11-12(2)9-10-16(14)18-13-7-5-4-6-8-13/h4-11H,3H2,1-2H3. The lowest BCUT2D eigenvalue weighted by molar-refractivity contribution is 0.0986. The van der Waals surface area contributed by atoms with Crippen molar-refractivity contribution in [2.45, 2.75) is 20.3 Å². The van der Waals surface area contributed by atoms with Crippen molar-refractivity contribution >= 4 is 5.78 Å². The molecule has 2 aromatic rings. The van der Waals surface area contributed by atoms with Gasteiger partial charge in [0.05, 0.1) is 5.56 Å². The summed E-state index contributed by atoms with van der Waals surface area (Å²) in [5.41, 5.74) is 1.72. The number of rotatable bonds is 4. The van der Waals surface area contributed by atoms with Crippen molar-refractivity contribution in [3.05, 3.63) is 59.7 Å². The van der Waals surface area contributed by atoms with Gasteiger partial charge in [-0.1, -0.05) is 36.8 Å². The molecular formula is C16H16O2. The third-order valence-corrected chi connectivity index (χ3v) is 2.73. The van der Waals surface area contributed by atoms with Crippen molar-refractivity contribution in [2.24, 2.45) is 0 Å². The molecule has 0 saturated heterocycles.